The second-order valence-electron chi connectivity index (χ2n) is 6.30. The van der Waals surface area contributed by atoms with E-state index in [-0.39, 0.29) is 5.92 Å². The van der Waals surface area contributed by atoms with Crippen molar-refractivity contribution in [2.75, 3.05) is 6.54 Å². The number of benzene rings is 3. The van der Waals surface area contributed by atoms with E-state index in [0.717, 1.165) is 16.7 Å². The summed E-state index contributed by atoms with van der Waals surface area (Å²) in [6, 6.07) is 29.7. The van der Waals surface area contributed by atoms with Gasteiger partial charge in [0.25, 0.3) is 0 Å². The van der Waals surface area contributed by atoms with Crippen LogP contribution in [0.2, 0.25) is 0 Å². The van der Waals surface area contributed by atoms with Crippen LogP contribution in [0.1, 0.15) is 23.6 Å². The van der Waals surface area contributed by atoms with Crippen LogP contribution in [0.4, 0.5) is 0 Å². The molecule has 0 aliphatic heterocycles. The Morgan fingerprint density at radius 1 is 0.800 bits per heavy atom. The van der Waals surface area contributed by atoms with Gasteiger partial charge in [-0.3, -0.25) is 4.99 Å². The maximum atomic E-state index is 11.6. The molecular weight excluding hydrogens is 306 g/mol. The summed E-state index contributed by atoms with van der Waals surface area (Å²) in [5.74, 6) is -0.0720. The third-order valence-electron chi connectivity index (χ3n) is 4.56. The molecule has 2 heteroatoms. The molecule has 3 aromatic rings. The SMILES string of the molecule is C[C@H](CN=Cc1ccccc1)C(O)(c1ccccc1)c1ccccc1. The van der Waals surface area contributed by atoms with Crippen molar-refractivity contribution in [3.63, 3.8) is 0 Å². The van der Waals surface area contributed by atoms with Gasteiger partial charge in [0.15, 0.2) is 0 Å². The number of aliphatic imine (C=N–C) groups is 1. The molecule has 0 heterocycles. The molecule has 0 radical (unpaired) electrons. The van der Waals surface area contributed by atoms with Crippen molar-refractivity contribution in [1.82, 2.24) is 0 Å². The molecule has 1 N–H and O–H groups in total. The zero-order chi connectivity index (χ0) is 17.5. The molecule has 0 spiro atoms. The van der Waals surface area contributed by atoms with Gasteiger partial charge >= 0.3 is 0 Å². The van der Waals surface area contributed by atoms with Gasteiger partial charge in [-0.1, -0.05) is 97.9 Å². The van der Waals surface area contributed by atoms with E-state index in [0.29, 0.717) is 6.54 Å². The van der Waals surface area contributed by atoms with Crippen LogP contribution < -0.4 is 0 Å². The molecule has 25 heavy (non-hydrogen) atoms. The van der Waals surface area contributed by atoms with E-state index in [1.54, 1.807) is 0 Å². The fourth-order valence-corrected chi connectivity index (χ4v) is 3.11. The van der Waals surface area contributed by atoms with Crippen LogP contribution in [-0.2, 0) is 5.60 Å². The first-order chi connectivity index (χ1) is 12.2. The zero-order valence-corrected chi connectivity index (χ0v) is 14.4. The standard InChI is InChI=1S/C23H23NO/c1-19(17-24-18-20-11-5-2-6-12-20)23(25,21-13-7-3-8-14-21)22-15-9-4-10-16-22/h2-16,18-19,25H,17H2,1H3/t19-/m1/s1. The van der Waals surface area contributed by atoms with E-state index in [1.807, 2.05) is 104 Å². The molecule has 2 nitrogen and oxygen atoms in total. The molecule has 0 amide bonds. The number of rotatable bonds is 6. The van der Waals surface area contributed by atoms with Crippen LogP contribution in [0.3, 0.4) is 0 Å². The van der Waals surface area contributed by atoms with Crippen molar-refractivity contribution in [3.05, 3.63) is 108 Å². The highest BCUT2D eigenvalue weighted by molar-refractivity contribution is 5.79. The molecule has 3 rings (SSSR count). The van der Waals surface area contributed by atoms with E-state index in [2.05, 4.69) is 4.99 Å². The quantitative estimate of drug-likeness (QED) is 0.655. The van der Waals surface area contributed by atoms with Crippen molar-refractivity contribution in [2.45, 2.75) is 12.5 Å². The minimum atomic E-state index is -1.07. The summed E-state index contributed by atoms with van der Waals surface area (Å²) in [7, 11) is 0. The summed E-state index contributed by atoms with van der Waals surface area (Å²) >= 11 is 0. The molecule has 0 aromatic heterocycles. The Hall–Kier alpha value is -2.71. The fraction of sp³-hybridized carbons (Fsp3) is 0.174. The van der Waals surface area contributed by atoms with Gasteiger partial charge in [0.05, 0.1) is 0 Å². The molecule has 0 saturated carbocycles. The van der Waals surface area contributed by atoms with E-state index in [1.165, 1.54) is 0 Å². The minimum Gasteiger partial charge on any atom is -0.380 e. The topological polar surface area (TPSA) is 32.6 Å². The first-order valence-corrected chi connectivity index (χ1v) is 8.59. The summed E-state index contributed by atoms with van der Waals surface area (Å²) in [5.41, 5.74) is 1.78. The van der Waals surface area contributed by atoms with E-state index >= 15 is 0 Å². The summed E-state index contributed by atoms with van der Waals surface area (Å²) in [6.45, 7) is 2.58. The van der Waals surface area contributed by atoms with Crippen LogP contribution in [0.15, 0.2) is 96.0 Å². The maximum absolute atomic E-state index is 11.6. The first-order valence-electron chi connectivity index (χ1n) is 8.59. The molecule has 126 valence electrons. The molecule has 0 aliphatic rings. The second kappa shape index (κ2) is 7.91. The smallest absolute Gasteiger partial charge is 0.119 e. The number of aliphatic hydroxyl groups is 1. The Morgan fingerprint density at radius 3 is 1.72 bits per heavy atom. The molecule has 0 fully saturated rings. The van der Waals surface area contributed by atoms with Crippen LogP contribution in [-0.4, -0.2) is 17.9 Å². The summed E-state index contributed by atoms with van der Waals surface area (Å²) in [4.78, 5) is 4.57. The van der Waals surface area contributed by atoms with Crippen molar-refractivity contribution in [3.8, 4) is 0 Å². The third-order valence-corrected chi connectivity index (χ3v) is 4.56. The highest BCUT2D eigenvalue weighted by atomic mass is 16.3. The van der Waals surface area contributed by atoms with Gasteiger partial charge in [-0.2, -0.15) is 0 Å². The predicted octanol–water partition coefficient (Wildman–Crippen LogP) is 4.68. The summed E-state index contributed by atoms with van der Waals surface area (Å²) in [6.07, 6.45) is 1.87. The van der Waals surface area contributed by atoms with Crippen molar-refractivity contribution >= 4 is 6.21 Å². The molecule has 0 saturated heterocycles. The average Bonchev–Trinajstić information content (AvgIpc) is 2.69. The van der Waals surface area contributed by atoms with Crippen molar-refractivity contribution in [1.29, 1.82) is 0 Å². The first kappa shape index (κ1) is 17.1. The lowest BCUT2D eigenvalue weighted by Crippen LogP contribution is -2.36. The largest absolute Gasteiger partial charge is 0.380 e. The van der Waals surface area contributed by atoms with Crippen LogP contribution in [0.25, 0.3) is 0 Å². The maximum Gasteiger partial charge on any atom is 0.119 e. The molecule has 3 aromatic carbocycles. The monoisotopic (exact) mass is 329 g/mol. The van der Waals surface area contributed by atoms with Crippen molar-refractivity contribution in [2.24, 2.45) is 10.9 Å². The Bertz CT molecular complexity index is 758. The van der Waals surface area contributed by atoms with Gasteiger partial charge < -0.3 is 5.11 Å². The Morgan fingerprint density at radius 2 is 1.24 bits per heavy atom. The second-order valence-corrected chi connectivity index (χ2v) is 6.30. The molecule has 0 aliphatic carbocycles. The predicted molar refractivity (Wildman–Crippen MR) is 104 cm³/mol. The normalized spacial score (nSPS) is 13.0. The highest BCUT2D eigenvalue weighted by Gasteiger charge is 2.37. The summed E-state index contributed by atoms with van der Waals surface area (Å²) < 4.78 is 0. The summed E-state index contributed by atoms with van der Waals surface area (Å²) in [5, 5.41) is 11.6. The lowest BCUT2D eigenvalue weighted by atomic mass is 9.77. The Kier molecular flexibility index (Phi) is 5.42. The van der Waals surface area contributed by atoms with Crippen LogP contribution in [0, 0.1) is 5.92 Å². The van der Waals surface area contributed by atoms with Gasteiger partial charge in [0.2, 0.25) is 0 Å². The van der Waals surface area contributed by atoms with Gasteiger partial charge in [0, 0.05) is 18.7 Å². The fourth-order valence-electron chi connectivity index (χ4n) is 3.11. The molecule has 0 unspecified atom stereocenters. The van der Waals surface area contributed by atoms with Crippen LogP contribution in [0.5, 0.6) is 0 Å². The third kappa shape index (κ3) is 3.86. The Labute approximate surface area is 149 Å². The Balaban J connectivity index is 1.88. The average molecular weight is 329 g/mol. The number of nitrogens with zero attached hydrogens (tertiary/aromatic N) is 1. The van der Waals surface area contributed by atoms with Crippen LogP contribution >= 0.6 is 0 Å². The van der Waals surface area contributed by atoms with Gasteiger partial charge in [0.1, 0.15) is 5.60 Å². The lowest BCUT2D eigenvalue weighted by Gasteiger charge is -2.34. The zero-order valence-electron chi connectivity index (χ0n) is 14.4. The molecular formula is C23H23NO. The highest BCUT2D eigenvalue weighted by Crippen LogP contribution is 2.36. The van der Waals surface area contributed by atoms with Gasteiger partial charge in [-0.15, -0.1) is 0 Å². The molecule has 0 bridgehead atoms. The van der Waals surface area contributed by atoms with Gasteiger partial charge in [-0.25, -0.2) is 0 Å². The minimum absolute atomic E-state index is 0.0720. The molecule has 1 atom stereocenters. The van der Waals surface area contributed by atoms with E-state index in [4.69, 9.17) is 0 Å². The number of hydrogen-bond acceptors (Lipinski definition) is 2. The number of hydrogen-bond donors (Lipinski definition) is 1. The van der Waals surface area contributed by atoms with E-state index in [9.17, 15) is 5.11 Å². The van der Waals surface area contributed by atoms with Crippen molar-refractivity contribution < 1.29 is 5.11 Å². The van der Waals surface area contributed by atoms with Gasteiger partial charge in [-0.05, 0) is 16.7 Å². The van der Waals surface area contributed by atoms with E-state index < -0.39 is 5.60 Å². The lowest BCUT2D eigenvalue weighted by molar-refractivity contribution is 0.0279.